The second-order valence-electron chi connectivity index (χ2n) is 8.38. The Bertz CT molecular complexity index is 1500. The van der Waals surface area contributed by atoms with Crippen molar-refractivity contribution in [2.45, 2.75) is 26.5 Å². The number of ether oxygens (including phenoxy) is 3. The first-order chi connectivity index (χ1) is 18.8. The predicted molar refractivity (Wildman–Crippen MR) is 151 cm³/mol. The quantitative estimate of drug-likeness (QED) is 0.154. The van der Waals surface area contributed by atoms with Crippen LogP contribution in [0.2, 0.25) is 10.0 Å². The van der Waals surface area contributed by atoms with Crippen LogP contribution in [-0.2, 0) is 20.9 Å². The van der Waals surface area contributed by atoms with E-state index in [4.69, 9.17) is 42.4 Å². The number of carbonyl (C=O) groups excluding carboxylic acids is 2. The number of fused-ring (bicyclic) bond motifs is 1. The van der Waals surface area contributed by atoms with Gasteiger partial charge in [-0.3, -0.25) is 4.79 Å². The highest BCUT2D eigenvalue weighted by atomic mass is 35.5. The maximum atomic E-state index is 12.9. The van der Waals surface area contributed by atoms with Crippen LogP contribution < -0.4 is 14.9 Å². The lowest BCUT2D eigenvalue weighted by molar-refractivity contribution is -0.150. The summed E-state index contributed by atoms with van der Waals surface area (Å²) in [6.07, 6.45) is 0.778. The maximum absolute atomic E-state index is 12.9. The van der Waals surface area contributed by atoms with Crippen LogP contribution in [0.15, 0.2) is 65.8 Å². The molecule has 1 amide bonds. The van der Waals surface area contributed by atoms with Crippen LogP contribution in [0.25, 0.3) is 22.4 Å². The summed E-state index contributed by atoms with van der Waals surface area (Å²) in [7, 11) is 1.59. The molecular weight excluding hydrogens is 543 g/mol. The number of nitrogens with zero attached hydrogens (tertiary/aromatic N) is 3. The van der Waals surface area contributed by atoms with Crippen molar-refractivity contribution in [2.75, 3.05) is 13.7 Å². The van der Waals surface area contributed by atoms with E-state index in [9.17, 15) is 9.59 Å². The number of hydrazone groups is 1. The minimum Gasteiger partial charge on any atom is -0.497 e. The monoisotopic (exact) mass is 568 g/mol. The minimum absolute atomic E-state index is 0.0638. The Morgan fingerprint density at radius 2 is 1.72 bits per heavy atom. The van der Waals surface area contributed by atoms with Crippen molar-refractivity contribution in [1.29, 1.82) is 0 Å². The van der Waals surface area contributed by atoms with E-state index in [1.807, 2.05) is 24.3 Å². The molecule has 11 heteroatoms. The standard InChI is InChI=1S/C28H26Cl2N4O5/c1-4-38-28(36)17(2)39-21-9-5-18(6-10-21)15-31-33-26(35)16-34-25-14-23(30)22(29)13-24(25)32-27(34)19-7-11-20(37-3)12-8-19/h5-15,17H,4,16H2,1-3H3,(H,33,35). The van der Waals surface area contributed by atoms with E-state index >= 15 is 0 Å². The molecule has 0 bridgehead atoms. The Kier molecular flexibility index (Phi) is 9.06. The van der Waals surface area contributed by atoms with Crippen LogP contribution in [-0.4, -0.2) is 47.5 Å². The number of halogens is 2. The molecule has 1 aromatic heterocycles. The van der Waals surface area contributed by atoms with Crippen molar-refractivity contribution in [3.05, 3.63) is 76.3 Å². The molecule has 0 fully saturated rings. The molecule has 4 aromatic rings. The van der Waals surface area contributed by atoms with Gasteiger partial charge in [-0.05, 0) is 80.1 Å². The number of methoxy groups -OCH3 is 1. The van der Waals surface area contributed by atoms with Crippen LogP contribution in [0.3, 0.4) is 0 Å². The van der Waals surface area contributed by atoms with E-state index < -0.39 is 12.1 Å². The number of rotatable bonds is 10. The number of aromatic nitrogens is 2. The molecule has 202 valence electrons. The van der Waals surface area contributed by atoms with Gasteiger partial charge >= 0.3 is 5.97 Å². The molecule has 1 N–H and O–H groups in total. The van der Waals surface area contributed by atoms with Gasteiger partial charge in [0, 0.05) is 5.56 Å². The molecular formula is C28H26Cl2N4O5. The number of imidazole rings is 1. The molecule has 0 radical (unpaired) electrons. The normalized spacial score (nSPS) is 11.9. The largest absolute Gasteiger partial charge is 0.497 e. The summed E-state index contributed by atoms with van der Waals surface area (Å²) < 4.78 is 17.5. The Labute approximate surface area is 235 Å². The molecule has 0 aliphatic heterocycles. The highest BCUT2D eigenvalue weighted by molar-refractivity contribution is 6.42. The third-order valence-corrected chi connectivity index (χ3v) is 6.38. The molecule has 1 atom stereocenters. The van der Waals surface area contributed by atoms with Crippen molar-refractivity contribution < 1.29 is 23.8 Å². The van der Waals surface area contributed by atoms with E-state index in [-0.39, 0.29) is 19.1 Å². The second kappa shape index (κ2) is 12.6. The average molecular weight is 569 g/mol. The third kappa shape index (κ3) is 6.87. The summed E-state index contributed by atoms with van der Waals surface area (Å²) in [5.74, 6) is 0.977. The van der Waals surface area contributed by atoms with Crippen molar-refractivity contribution in [3.8, 4) is 22.9 Å². The van der Waals surface area contributed by atoms with Gasteiger partial charge in [0.25, 0.3) is 5.91 Å². The number of benzene rings is 3. The van der Waals surface area contributed by atoms with Gasteiger partial charge in [-0.25, -0.2) is 15.2 Å². The molecule has 4 rings (SSSR count). The zero-order valence-electron chi connectivity index (χ0n) is 21.5. The Morgan fingerprint density at radius 3 is 2.38 bits per heavy atom. The maximum Gasteiger partial charge on any atom is 0.347 e. The number of carbonyl (C=O) groups is 2. The smallest absolute Gasteiger partial charge is 0.347 e. The fourth-order valence-electron chi connectivity index (χ4n) is 3.74. The third-order valence-electron chi connectivity index (χ3n) is 5.65. The molecule has 0 saturated heterocycles. The van der Waals surface area contributed by atoms with E-state index in [0.29, 0.717) is 38.4 Å². The molecule has 0 aliphatic carbocycles. The zero-order chi connectivity index (χ0) is 27.9. The summed E-state index contributed by atoms with van der Waals surface area (Å²) in [4.78, 5) is 29.3. The molecule has 1 heterocycles. The molecule has 1 unspecified atom stereocenters. The zero-order valence-corrected chi connectivity index (χ0v) is 23.0. The van der Waals surface area contributed by atoms with Gasteiger partial charge in [-0.2, -0.15) is 5.10 Å². The van der Waals surface area contributed by atoms with Crippen molar-refractivity contribution in [2.24, 2.45) is 5.10 Å². The molecule has 39 heavy (non-hydrogen) atoms. The first-order valence-electron chi connectivity index (χ1n) is 12.0. The lowest BCUT2D eigenvalue weighted by Gasteiger charge is -2.13. The van der Waals surface area contributed by atoms with Crippen LogP contribution >= 0.6 is 23.2 Å². The van der Waals surface area contributed by atoms with E-state index in [2.05, 4.69) is 10.5 Å². The van der Waals surface area contributed by atoms with Crippen molar-refractivity contribution >= 4 is 52.3 Å². The van der Waals surface area contributed by atoms with E-state index in [0.717, 1.165) is 11.1 Å². The molecule has 0 saturated carbocycles. The lowest BCUT2D eigenvalue weighted by Crippen LogP contribution is -2.26. The van der Waals surface area contributed by atoms with Crippen molar-refractivity contribution in [1.82, 2.24) is 15.0 Å². The summed E-state index contributed by atoms with van der Waals surface area (Å²) in [5, 5.41) is 4.79. The Morgan fingerprint density at radius 1 is 1.05 bits per heavy atom. The van der Waals surface area contributed by atoms with Gasteiger partial charge in [0.1, 0.15) is 23.9 Å². The van der Waals surface area contributed by atoms with Gasteiger partial charge in [-0.1, -0.05) is 23.2 Å². The topological polar surface area (TPSA) is 104 Å². The van der Waals surface area contributed by atoms with Crippen LogP contribution in [0.1, 0.15) is 19.4 Å². The van der Waals surface area contributed by atoms with Gasteiger partial charge < -0.3 is 18.8 Å². The number of hydrogen-bond acceptors (Lipinski definition) is 7. The average Bonchev–Trinajstić information content (AvgIpc) is 3.26. The summed E-state index contributed by atoms with van der Waals surface area (Å²) in [5.41, 5.74) is 5.31. The van der Waals surface area contributed by atoms with E-state index in [1.54, 1.807) is 61.9 Å². The minimum atomic E-state index is -0.725. The van der Waals surface area contributed by atoms with Gasteiger partial charge in [-0.15, -0.1) is 0 Å². The molecule has 0 spiro atoms. The Balaban J connectivity index is 1.47. The Hall–Kier alpha value is -4.08. The number of amides is 1. The molecule has 3 aromatic carbocycles. The van der Waals surface area contributed by atoms with Gasteiger partial charge in [0.15, 0.2) is 6.10 Å². The highest BCUT2D eigenvalue weighted by Crippen LogP contribution is 2.32. The van der Waals surface area contributed by atoms with Crippen molar-refractivity contribution in [3.63, 3.8) is 0 Å². The summed E-state index contributed by atoms with van der Waals surface area (Å²) >= 11 is 12.5. The van der Waals surface area contributed by atoms with Crippen LogP contribution in [0.5, 0.6) is 11.5 Å². The lowest BCUT2D eigenvalue weighted by atomic mass is 10.2. The number of nitrogens with one attached hydrogen (secondary N) is 1. The van der Waals surface area contributed by atoms with Crippen LogP contribution in [0.4, 0.5) is 0 Å². The fourth-order valence-corrected chi connectivity index (χ4v) is 4.06. The summed E-state index contributed by atoms with van der Waals surface area (Å²) in [6.45, 7) is 3.58. The number of esters is 1. The predicted octanol–water partition coefficient (Wildman–Crippen LogP) is 5.50. The molecule has 9 nitrogen and oxygen atoms in total. The number of hydrogen-bond donors (Lipinski definition) is 1. The first kappa shape index (κ1) is 27.9. The van der Waals surface area contributed by atoms with Crippen LogP contribution in [0, 0.1) is 0 Å². The van der Waals surface area contributed by atoms with E-state index in [1.165, 1.54) is 6.21 Å². The second-order valence-corrected chi connectivity index (χ2v) is 9.19. The fraction of sp³-hybridized carbons (Fsp3) is 0.214. The summed E-state index contributed by atoms with van der Waals surface area (Å²) in [6, 6.07) is 17.6. The highest BCUT2D eigenvalue weighted by Gasteiger charge is 2.18. The SMILES string of the molecule is CCOC(=O)C(C)Oc1ccc(C=NNC(=O)Cn2c(-c3ccc(OC)cc3)nc3cc(Cl)c(Cl)cc32)cc1. The van der Waals surface area contributed by atoms with Gasteiger partial charge in [0.2, 0.25) is 0 Å². The van der Waals surface area contributed by atoms with Gasteiger partial charge in [0.05, 0.1) is 41.0 Å². The first-order valence-corrected chi connectivity index (χ1v) is 12.8. The molecule has 0 aliphatic rings.